The molecule has 140 valence electrons. The summed E-state index contributed by atoms with van der Waals surface area (Å²) >= 11 is 0. The Morgan fingerprint density at radius 2 is 1.50 bits per heavy atom. The highest BCUT2D eigenvalue weighted by Crippen LogP contribution is 2.28. The van der Waals surface area contributed by atoms with Crippen molar-refractivity contribution in [2.75, 3.05) is 6.61 Å². The molecule has 2 aliphatic heterocycles. The van der Waals surface area contributed by atoms with Crippen LogP contribution in [0.25, 0.3) is 0 Å². The van der Waals surface area contributed by atoms with Gasteiger partial charge in [0.05, 0.1) is 6.61 Å². The molecule has 0 aromatic rings. The van der Waals surface area contributed by atoms with Gasteiger partial charge in [0, 0.05) is 0 Å². The van der Waals surface area contributed by atoms with Gasteiger partial charge >= 0.3 is 5.97 Å². The number of carboxylic acid groups (broad SMARTS) is 1. The largest absolute Gasteiger partial charge is 0.479 e. The average Bonchev–Trinajstić information content (AvgIpc) is 2.54. The molecule has 2 rings (SSSR count). The number of aliphatic hydroxyl groups excluding tert-OH is 7. The van der Waals surface area contributed by atoms with Gasteiger partial charge in [-0.15, -0.1) is 0 Å². The van der Waals surface area contributed by atoms with Crippen molar-refractivity contribution < 1.29 is 59.9 Å². The molecule has 0 radical (unpaired) electrons. The van der Waals surface area contributed by atoms with Gasteiger partial charge in [-0.3, -0.25) is 0 Å². The molecule has 0 aliphatic carbocycles. The number of carboxylic acids is 1. The van der Waals surface area contributed by atoms with Gasteiger partial charge in [0.1, 0.15) is 42.7 Å². The van der Waals surface area contributed by atoms with Gasteiger partial charge in [-0.1, -0.05) is 0 Å². The Balaban J connectivity index is 2.12. The normalized spacial score (nSPS) is 49.8. The Labute approximate surface area is 135 Å². The van der Waals surface area contributed by atoms with E-state index in [2.05, 4.69) is 0 Å². The quantitative estimate of drug-likeness (QED) is 0.238. The second-order valence-corrected chi connectivity index (χ2v) is 5.56. The number of hydrogen-bond acceptors (Lipinski definition) is 11. The van der Waals surface area contributed by atoms with Crippen LogP contribution < -0.4 is 0 Å². The van der Waals surface area contributed by atoms with E-state index in [-0.39, 0.29) is 0 Å². The number of ether oxygens (including phenoxy) is 3. The molecule has 0 amide bonds. The first-order valence-corrected chi connectivity index (χ1v) is 7.07. The van der Waals surface area contributed by atoms with E-state index in [1.807, 2.05) is 0 Å². The van der Waals surface area contributed by atoms with Crippen molar-refractivity contribution in [2.24, 2.45) is 0 Å². The third kappa shape index (κ3) is 3.52. The lowest BCUT2D eigenvalue weighted by Crippen LogP contribution is -2.64. The lowest BCUT2D eigenvalue weighted by Gasteiger charge is -2.44. The number of rotatable bonds is 4. The Kier molecular flexibility index (Phi) is 6.09. The van der Waals surface area contributed by atoms with Gasteiger partial charge in [-0.2, -0.15) is 0 Å². The van der Waals surface area contributed by atoms with Crippen LogP contribution in [0.4, 0.5) is 0 Å². The predicted molar refractivity (Wildman–Crippen MR) is 69.2 cm³/mol. The minimum Gasteiger partial charge on any atom is -0.479 e. The van der Waals surface area contributed by atoms with Crippen LogP contribution in [0.5, 0.6) is 0 Å². The van der Waals surface area contributed by atoms with Crippen LogP contribution in [-0.2, 0) is 19.0 Å². The molecule has 12 heteroatoms. The molecule has 0 unspecified atom stereocenters. The molecule has 24 heavy (non-hydrogen) atoms. The molecule has 10 atom stereocenters. The molecule has 0 saturated carbocycles. The number of aliphatic carboxylic acids is 1. The second kappa shape index (κ2) is 7.53. The molecule has 0 spiro atoms. The van der Waals surface area contributed by atoms with E-state index in [9.17, 15) is 35.4 Å². The molecule has 2 aliphatic rings. The van der Waals surface area contributed by atoms with Gasteiger partial charge in [0.15, 0.2) is 18.7 Å². The van der Waals surface area contributed by atoms with E-state index < -0.39 is 74.0 Å². The molecular formula is C12H20O12. The van der Waals surface area contributed by atoms with E-state index in [0.717, 1.165) is 0 Å². The minimum absolute atomic E-state index is 0.698. The van der Waals surface area contributed by atoms with Crippen LogP contribution >= 0.6 is 0 Å². The maximum absolute atomic E-state index is 11.0. The Hall–Kier alpha value is -0.930. The Morgan fingerprint density at radius 3 is 2.04 bits per heavy atom. The van der Waals surface area contributed by atoms with E-state index in [4.69, 9.17) is 24.4 Å². The molecule has 2 saturated heterocycles. The topological polar surface area (TPSA) is 207 Å². The number of carbonyl (C=O) groups is 1. The molecule has 8 N–H and O–H groups in total. The maximum Gasteiger partial charge on any atom is 0.335 e. The lowest BCUT2D eigenvalue weighted by molar-refractivity contribution is -0.357. The minimum atomic E-state index is -1.93. The summed E-state index contributed by atoms with van der Waals surface area (Å²) in [6, 6.07) is 0. The predicted octanol–water partition coefficient (Wildman–Crippen LogP) is -5.30. The van der Waals surface area contributed by atoms with Crippen LogP contribution in [-0.4, -0.2) is 115 Å². The third-order valence-electron chi connectivity index (χ3n) is 3.95. The van der Waals surface area contributed by atoms with Crippen LogP contribution in [0, 0.1) is 0 Å². The van der Waals surface area contributed by atoms with Crippen molar-refractivity contribution >= 4 is 5.97 Å². The third-order valence-corrected chi connectivity index (χ3v) is 3.95. The van der Waals surface area contributed by atoms with Crippen molar-refractivity contribution in [3.63, 3.8) is 0 Å². The average molecular weight is 356 g/mol. The van der Waals surface area contributed by atoms with Gasteiger partial charge in [0.25, 0.3) is 0 Å². The van der Waals surface area contributed by atoms with Gasteiger partial charge in [-0.05, 0) is 0 Å². The van der Waals surface area contributed by atoms with E-state index >= 15 is 0 Å². The van der Waals surface area contributed by atoms with Crippen LogP contribution in [0.1, 0.15) is 0 Å². The first kappa shape index (κ1) is 19.4. The fraction of sp³-hybridized carbons (Fsp3) is 0.917. The summed E-state index contributed by atoms with van der Waals surface area (Å²) in [6.45, 7) is -0.698. The van der Waals surface area contributed by atoms with E-state index in [1.165, 1.54) is 0 Å². The SMILES string of the molecule is O=C(O)[C@H]1O[C@@H](O[C@@H]2[C@@H](O)[C@H](O)[C@@H](CO)O[C@@H]2O)[C@H](O)[C@@H](O)[C@@H]1O. The monoisotopic (exact) mass is 356 g/mol. The van der Waals surface area contributed by atoms with Crippen molar-refractivity contribution in [3.8, 4) is 0 Å². The summed E-state index contributed by atoms with van der Waals surface area (Å²) in [6.07, 6.45) is -17.8. The highest BCUT2D eigenvalue weighted by molar-refractivity contribution is 5.73. The van der Waals surface area contributed by atoms with Gasteiger partial charge in [0.2, 0.25) is 0 Å². The zero-order chi connectivity index (χ0) is 18.2. The summed E-state index contributed by atoms with van der Waals surface area (Å²) in [5.41, 5.74) is 0. The molecule has 0 bridgehead atoms. The maximum atomic E-state index is 11.0. The van der Waals surface area contributed by atoms with Crippen molar-refractivity contribution in [3.05, 3.63) is 0 Å². The molecule has 0 aromatic heterocycles. The standard InChI is InChI=1S/C12H20O12/c13-1-2-3(14)5(16)9(11(21)22-2)24-12-7(18)4(15)6(17)8(23-12)10(19)20/h2-9,11-18,21H,1H2,(H,19,20)/t2-,3-,4+,5+,6+,7-,8+,9-,11+,12+/m1/s1. The van der Waals surface area contributed by atoms with Crippen LogP contribution in [0.15, 0.2) is 0 Å². The Bertz CT molecular complexity index is 446. The second-order valence-electron chi connectivity index (χ2n) is 5.56. The summed E-state index contributed by atoms with van der Waals surface area (Å²) in [5.74, 6) is -1.64. The van der Waals surface area contributed by atoms with Crippen LogP contribution in [0.2, 0.25) is 0 Å². The van der Waals surface area contributed by atoms with Gasteiger partial charge in [-0.25, -0.2) is 4.79 Å². The van der Waals surface area contributed by atoms with Crippen molar-refractivity contribution in [1.82, 2.24) is 0 Å². The molecule has 2 heterocycles. The molecule has 0 aromatic carbocycles. The first-order chi connectivity index (χ1) is 11.2. The summed E-state index contributed by atoms with van der Waals surface area (Å²) in [7, 11) is 0. The molecule has 2 fully saturated rings. The molecule has 12 nitrogen and oxygen atoms in total. The van der Waals surface area contributed by atoms with Crippen LogP contribution in [0.3, 0.4) is 0 Å². The first-order valence-electron chi connectivity index (χ1n) is 7.07. The molecular weight excluding hydrogens is 336 g/mol. The Morgan fingerprint density at radius 1 is 0.875 bits per heavy atom. The fourth-order valence-corrected chi connectivity index (χ4v) is 2.54. The number of aliphatic hydroxyl groups is 7. The summed E-state index contributed by atoms with van der Waals surface area (Å²) in [5, 5.41) is 76.4. The smallest absolute Gasteiger partial charge is 0.335 e. The zero-order valence-electron chi connectivity index (χ0n) is 12.2. The van der Waals surface area contributed by atoms with E-state index in [0.29, 0.717) is 0 Å². The summed E-state index contributed by atoms with van der Waals surface area (Å²) < 4.78 is 14.7. The fourth-order valence-electron chi connectivity index (χ4n) is 2.54. The highest BCUT2D eigenvalue weighted by atomic mass is 16.7. The van der Waals surface area contributed by atoms with Crippen molar-refractivity contribution in [2.45, 2.75) is 61.4 Å². The lowest BCUT2D eigenvalue weighted by atomic mass is 9.97. The number of hydrogen-bond donors (Lipinski definition) is 8. The van der Waals surface area contributed by atoms with E-state index in [1.54, 1.807) is 0 Å². The summed E-state index contributed by atoms with van der Waals surface area (Å²) in [4.78, 5) is 11.0. The highest BCUT2D eigenvalue weighted by Gasteiger charge is 2.51. The van der Waals surface area contributed by atoms with Gasteiger partial charge < -0.3 is 55.1 Å². The zero-order valence-corrected chi connectivity index (χ0v) is 12.2. The van der Waals surface area contributed by atoms with Crippen molar-refractivity contribution in [1.29, 1.82) is 0 Å².